The predicted molar refractivity (Wildman–Crippen MR) is 73.8 cm³/mol. The van der Waals surface area contributed by atoms with E-state index in [4.69, 9.17) is 20.9 Å². The van der Waals surface area contributed by atoms with Gasteiger partial charge in [-0.1, -0.05) is 18.5 Å². The van der Waals surface area contributed by atoms with Gasteiger partial charge in [0.2, 0.25) is 0 Å². The third kappa shape index (κ3) is 3.43. The SMILES string of the molecule is CCCc1c(OCCCCl)ccc2c(C(F)(F)F)noc12. The Kier molecular flexibility index (Phi) is 4.98. The van der Waals surface area contributed by atoms with Crippen LogP contribution in [0.1, 0.15) is 31.0 Å². The molecule has 2 rings (SSSR count). The number of fused-ring (bicyclic) bond motifs is 1. The van der Waals surface area contributed by atoms with Crippen LogP contribution in [0.5, 0.6) is 5.75 Å². The monoisotopic (exact) mass is 321 g/mol. The molecule has 0 amide bonds. The highest BCUT2D eigenvalue weighted by Crippen LogP contribution is 2.38. The van der Waals surface area contributed by atoms with Crippen molar-refractivity contribution in [2.75, 3.05) is 12.5 Å². The van der Waals surface area contributed by atoms with Crippen LogP contribution in [0.25, 0.3) is 11.0 Å². The van der Waals surface area contributed by atoms with Gasteiger partial charge in [0.25, 0.3) is 0 Å². The minimum Gasteiger partial charge on any atom is -0.493 e. The average Bonchev–Trinajstić information content (AvgIpc) is 2.85. The van der Waals surface area contributed by atoms with Gasteiger partial charge in [-0.15, -0.1) is 11.6 Å². The third-order valence-electron chi connectivity index (χ3n) is 3.00. The first-order valence-corrected chi connectivity index (χ1v) is 7.19. The number of rotatable bonds is 6. The standard InChI is InChI=1S/C14H15ClF3NO2/c1-2-4-9-11(20-8-3-7-15)6-5-10-12(9)21-19-13(10)14(16,17)18/h5-6H,2-4,7-8H2,1H3. The molecule has 1 aromatic heterocycles. The molecule has 1 aromatic carbocycles. The minimum absolute atomic E-state index is 0.0318. The molecule has 116 valence electrons. The van der Waals surface area contributed by atoms with Crippen molar-refractivity contribution in [3.8, 4) is 5.75 Å². The Balaban J connectivity index is 2.45. The zero-order chi connectivity index (χ0) is 15.5. The van der Waals surface area contributed by atoms with Crippen molar-refractivity contribution in [2.45, 2.75) is 32.4 Å². The fourth-order valence-corrected chi connectivity index (χ4v) is 2.21. The van der Waals surface area contributed by atoms with Crippen molar-refractivity contribution in [1.29, 1.82) is 0 Å². The van der Waals surface area contributed by atoms with E-state index in [-0.39, 0.29) is 11.0 Å². The van der Waals surface area contributed by atoms with Gasteiger partial charge in [0.05, 0.1) is 12.0 Å². The molecule has 0 saturated heterocycles. The summed E-state index contributed by atoms with van der Waals surface area (Å²) in [7, 11) is 0. The molecule has 0 atom stereocenters. The molecule has 0 spiro atoms. The van der Waals surface area contributed by atoms with E-state index in [1.54, 1.807) is 0 Å². The van der Waals surface area contributed by atoms with E-state index in [0.29, 0.717) is 36.6 Å². The normalized spacial score (nSPS) is 12.0. The Labute approximate surface area is 125 Å². The summed E-state index contributed by atoms with van der Waals surface area (Å²) in [5, 5.41) is 3.14. The summed E-state index contributed by atoms with van der Waals surface area (Å²) < 4.78 is 49.1. The number of halogens is 4. The van der Waals surface area contributed by atoms with E-state index < -0.39 is 11.9 Å². The predicted octanol–water partition coefficient (Wildman–Crippen LogP) is 4.81. The Morgan fingerprint density at radius 1 is 1.33 bits per heavy atom. The van der Waals surface area contributed by atoms with Crippen molar-refractivity contribution in [3.63, 3.8) is 0 Å². The van der Waals surface area contributed by atoms with Crippen molar-refractivity contribution < 1.29 is 22.4 Å². The van der Waals surface area contributed by atoms with Crippen molar-refractivity contribution in [1.82, 2.24) is 5.16 Å². The molecule has 21 heavy (non-hydrogen) atoms. The summed E-state index contributed by atoms with van der Waals surface area (Å²) in [5.74, 6) is 0.991. The molecule has 0 saturated carbocycles. The average molecular weight is 322 g/mol. The van der Waals surface area contributed by atoms with Crippen molar-refractivity contribution in [2.24, 2.45) is 0 Å². The molecule has 0 aliphatic heterocycles. The van der Waals surface area contributed by atoms with E-state index in [1.165, 1.54) is 12.1 Å². The topological polar surface area (TPSA) is 35.3 Å². The van der Waals surface area contributed by atoms with E-state index in [2.05, 4.69) is 5.16 Å². The first-order chi connectivity index (χ1) is 9.99. The number of hydrogen-bond acceptors (Lipinski definition) is 3. The lowest BCUT2D eigenvalue weighted by Crippen LogP contribution is -2.06. The molecule has 0 fully saturated rings. The van der Waals surface area contributed by atoms with Crippen LogP contribution in [0.3, 0.4) is 0 Å². The molecule has 1 heterocycles. The van der Waals surface area contributed by atoms with Crippen LogP contribution in [0, 0.1) is 0 Å². The lowest BCUT2D eigenvalue weighted by Gasteiger charge is -2.11. The molecular weight excluding hydrogens is 307 g/mol. The molecule has 7 heteroatoms. The summed E-state index contributed by atoms with van der Waals surface area (Å²) >= 11 is 5.58. The minimum atomic E-state index is -4.53. The fraction of sp³-hybridized carbons (Fsp3) is 0.500. The molecule has 0 unspecified atom stereocenters. The van der Waals surface area contributed by atoms with E-state index in [0.717, 1.165) is 6.42 Å². The molecule has 0 aliphatic carbocycles. The van der Waals surface area contributed by atoms with Gasteiger partial charge < -0.3 is 9.26 Å². The second kappa shape index (κ2) is 6.56. The second-order valence-electron chi connectivity index (χ2n) is 4.59. The summed E-state index contributed by atoms with van der Waals surface area (Å²) in [5.41, 5.74) is -0.234. The number of aromatic nitrogens is 1. The number of benzene rings is 1. The van der Waals surface area contributed by atoms with Crippen LogP contribution in [0.4, 0.5) is 13.2 Å². The van der Waals surface area contributed by atoms with Crippen molar-refractivity contribution in [3.05, 3.63) is 23.4 Å². The lowest BCUT2D eigenvalue weighted by atomic mass is 10.0. The van der Waals surface area contributed by atoms with Crippen LogP contribution in [0.2, 0.25) is 0 Å². The van der Waals surface area contributed by atoms with Gasteiger partial charge in [-0.3, -0.25) is 0 Å². The van der Waals surface area contributed by atoms with Gasteiger partial charge >= 0.3 is 6.18 Å². The maximum Gasteiger partial charge on any atom is 0.437 e. The van der Waals surface area contributed by atoms with Crippen LogP contribution < -0.4 is 4.74 Å². The highest BCUT2D eigenvalue weighted by atomic mass is 35.5. The molecule has 0 radical (unpaired) electrons. The maximum absolute atomic E-state index is 12.8. The second-order valence-corrected chi connectivity index (χ2v) is 4.97. The van der Waals surface area contributed by atoms with E-state index >= 15 is 0 Å². The fourth-order valence-electron chi connectivity index (χ4n) is 2.10. The smallest absolute Gasteiger partial charge is 0.437 e. The Hall–Kier alpha value is -1.43. The third-order valence-corrected chi connectivity index (χ3v) is 3.27. The summed E-state index contributed by atoms with van der Waals surface area (Å²) in [6.45, 7) is 2.34. The van der Waals surface area contributed by atoms with Crippen LogP contribution in [-0.4, -0.2) is 17.6 Å². The Morgan fingerprint density at radius 2 is 2.10 bits per heavy atom. The number of nitrogens with zero attached hydrogens (tertiary/aromatic N) is 1. The molecular formula is C14H15ClF3NO2. The summed E-state index contributed by atoms with van der Waals surface area (Å²) in [6.07, 6.45) is -2.56. The zero-order valence-corrected chi connectivity index (χ0v) is 12.2. The number of alkyl halides is 4. The molecule has 0 N–H and O–H groups in total. The van der Waals surface area contributed by atoms with E-state index in [9.17, 15) is 13.2 Å². The van der Waals surface area contributed by atoms with Gasteiger partial charge in [0.1, 0.15) is 5.75 Å². The Morgan fingerprint density at radius 3 is 2.71 bits per heavy atom. The first-order valence-electron chi connectivity index (χ1n) is 6.66. The molecule has 0 aliphatic rings. The summed E-state index contributed by atoms with van der Waals surface area (Å²) in [4.78, 5) is 0. The number of aryl methyl sites for hydroxylation is 1. The Bertz CT molecular complexity index is 610. The van der Waals surface area contributed by atoms with Gasteiger partial charge in [-0.05, 0) is 25.0 Å². The zero-order valence-electron chi connectivity index (χ0n) is 11.5. The largest absolute Gasteiger partial charge is 0.493 e. The first kappa shape index (κ1) is 15.9. The molecule has 3 nitrogen and oxygen atoms in total. The highest BCUT2D eigenvalue weighted by molar-refractivity contribution is 6.17. The highest BCUT2D eigenvalue weighted by Gasteiger charge is 2.37. The molecule has 2 aromatic rings. The van der Waals surface area contributed by atoms with Gasteiger partial charge in [-0.2, -0.15) is 13.2 Å². The van der Waals surface area contributed by atoms with Gasteiger partial charge in [0.15, 0.2) is 11.3 Å². The van der Waals surface area contributed by atoms with Gasteiger partial charge in [0, 0.05) is 11.4 Å². The number of hydrogen-bond donors (Lipinski definition) is 0. The van der Waals surface area contributed by atoms with E-state index in [1.807, 2.05) is 6.92 Å². The number of ether oxygens (including phenoxy) is 1. The van der Waals surface area contributed by atoms with Gasteiger partial charge in [-0.25, -0.2) is 0 Å². The maximum atomic E-state index is 12.8. The lowest BCUT2D eigenvalue weighted by molar-refractivity contribution is -0.141. The van der Waals surface area contributed by atoms with Crippen LogP contribution >= 0.6 is 11.6 Å². The van der Waals surface area contributed by atoms with Crippen LogP contribution in [-0.2, 0) is 12.6 Å². The summed E-state index contributed by atoms with van der Waals surface area (Å²) in [6, 6.07) is 2.87. The van der Waals surface area contributed by atoms with Crippen LogP contribution in [0.15, 0.2) is 16.7 Å². The molecule has 0 bridgehead atoms. The quantitative estimate of drug-likeness (QED) is 0.566. The van der Waals surface area contributed by atoms with Crippen molar-refractivity contribution >= 4 is 22.6 Å².